The fourth-order valence-electron chi connectivity index (χ4n) is 1.66. The summed E-state index contributed by atoms with van der Waals surface area (Å²) < 4.78 is 21.1. The third kappa shape index (κ3) is 3.74. The maximum atomic E-state index is 11.2. The van der Waals surface area contributed by atoms with Crippen molar-refractivity contribution < 1.29 is 18.6 Å². The summed E-state index contributed by atoms with van der Waals surface area (Å²) in [6.07, 6.45) is 0.881. The Morgan fingerprint density at radius 1 is 1.20 bits per heavy atom. The SMILES string of the molecule is COCOc1cc2oc(=O)ccc2cc1OCCCBr. The lowest BCUT2D eigenvalue weighted by Crippen LogP contribution is -2.04. The highest BCUT2D eigenvalue weighted by Gasteiger charge is 2.09. The van der Waals surface area contributed by atoms with Crippen molar-refractivity contribution in [3.63, 3.8) is 0 Å². The second-order valence-corrected chi connectivity index (χ2v) is 4.83. The van der Waals surface area contributed by atoms with Gasteiger partial charge >= 0.3 is 5.63 Å². The molecule has 0 unspecified atom stereocenters. The molecule has 20 heavy (non-hydrogen) atoms. The summed E-state index contributed by atoms with van der Waals surface area (Å²) in [4.78, 5) is 11.2. The van der Waals surface area contributed by atoms with Crippen LogP contribution in [0.5, 0.6) is 11.5 Å². The van der Waals surface area contributed by atoms with Crippen molar-refractivity contribution in [1.82, 2.24) is 0 Å². The molecule has 2 aromatic rings. The van der Waals surface area contributed by atoms with E-state index in [0.29, 0.717) is 23.7 Å². The first kappa shape index (κ1) is 14.9. The summed E-state index contributed by atoms with van der Waals surface area (Å²) in [5, 5.41) is 1.65. The fraction of sp³-hybridized carbons (Fsp3) is 0.357. The van der Waals surface area contributed by atoms with Gasteiger partial charge in [-0.2, -0.15) is 0 Å². The Hall–Kier alpha value is -1.53. The van der Waals surface area contributed by atoms with Gasteiger partial charge in [-0.15, -0.1) is 0 Å². The molecule has 6 heteroatoms. The molecule has 0 aliphatic carbocycles. The molecule has 0 amide bonds. The van der Waals surface area contributed by atoms with Gasteiger partial charge in [0, 0.05) is 30.0 Å². The topological polar surface area (TPSA) is 57.9 Å². The van der Waals surface area contributed by atoms with Crippen LogP contribution in [-0.2, 0) is 4.74 Å². The molecule has 0 N–H and O–H groups in total. The van der Waals surface area contributed by atoms with Crippen molar-refractivity contribution in [3.05, 3.63) is 34.7 Å². The number of benzene rings is 1. The molecule has 0 aliphatic rings. The molecule has 0 atom stereocenters. The van der Waals surface area contributed by atoms with Crippen molar-refractivity contribution in [2.45, 2.75) is 6.42 Å². The molecular weight excluding hydrogens is 328 g/mol. The van der Waals surface area contributed by atoms with Gasteiger partial charge in [0.15, 0.2) is 18.3 Å². The summed E-state index contributed by atoms with van der Waals surface area (Å²) in [6, 6.07) is 6.50. The number of hydrogen-bond acceptors (Lipinski definition) is 5. The minimum Gasteiger partial charge on any atom is -0.490 e. The zero-order valence-corrected chi connectivity index (χ0v) is 12.6. The quantitative estimate of drug-likeness (QED) is 0.335. The number of rotatable bonds is 7. The average molecular weight is 343 g/mol. The van der Waals surface area contributed by atoms with Crippen LogP contribution in [0.2, 0.25) is 0 Å². The maximum Gasteiger partial charge on any atom is 0.336 e. The second kappa shape index (κ2) is 7.31. The molecule has 1 heterocycles. The summed E-state index contributed by atoms with van der Waals surface area (Å²) in [5.74, 6) is 1.09. The second-order valence-electron chi connectivity index (χ2n) is 4.03. The summed E-state index contributed by atoms with van der Waals surface area (Å²) in [6.45, 7) is 0.661. The molecule has 0 radical (unpaired) electrons. The number of methoxy groups -OCH3 is 1. The van der Waals surface area contributed by atoms with E-state index < -0.39 is 5.63 Å². The van der Waals surface area contributed by atoms with E-state index in [4.69, 9.17) is 18.6 Å². The van der Waals surface area contributed by atoms with Gasteiger partial charge < -0.3 is 18.6 Å². The molecule has 1 aromatic carbocycles. The highest BCUT2D eigenvalue weighted by molar-refractivity contribution is 9.09. The molecule has 2 rings (SSSR count). The minimum absolute atomic E-state index is 0.0946. The molecular formula is C14H15BrO5. The predicted molar refractivity (Wildman–Crippen MR) is 78.9 cm³/mol. The van der Waals surface area contributed by atoms with E-state index in [1.165, 1.54) is 13.2 Å². The summed E-state index contributed by atoms with van der Waals surface area (Å²) in [7, 11) is 1.53. The van der Waals surface area contributed by atoms with Crippen molar-refractivity contribution in [1.29, 1.82) is 0 Å². The lowest BCUT2D eigenvalue weighted by atomic mass is 10.2. The first-order valence-corrected chi connectivity index (χ1v) is 7.25. The Bertz CT molecular complexity index is 622. The highest BCUT2D eigenvalue weighted by Crippen LogP contribution is 2.32. The van der Waals surface area contributed by atoms with Crippen molar-refractivity contribution in [2.75, 3.05) is 25.8 Å². The first-order chi connectivity index (χ1) is 9.74. The zero-order chi connectivity index (χ0) is 14.4. The number of fused-ring (bicyclic) bond motifs is 1. The van der Waals surface area contributed by atoms with Gasteiger partial charge in [0.2, 0.25) is 0 Å². The highest BCUT2D eigenvalue weighted by atomic mass is 79.9. The van der Waals surface area contributed by atoms with Crippen LogP contribution in [0.3, 0.4) is 0 Å². The Morgan fingerprint density at radius 2 is 2.00 bits per heavy atom. The lowest BCUT2D eigenvalue weighted by Gasteiger charge is -2.12. The van der Waals surface area contributed by atoms with Gasteiger partial charge in [-0.25, -0.2) is 4.79 Å². The maximum absolute atomic E-state index is 11.2. The Balaban J connectivity index is 2.35. The molecule has 0 saturated carbocycles. The molecule has 108 valence electrons. The Kier molecular flexibility index (Phi) is 5.43. The lowest BCUT2D eigenvalue weighted by molar-refractivity contribution is 0.0486. The van der Waals surface area contributed by atoms with Gasteiger partial charge in [0.1, 0.15) is 5.58 Å². The number of hydrogen-bond donors (Lipinski definition) is 0. The molecule has 1 aromatic heterocycles. The normalized spacial score (nSPS) is 10.7. The van der Waals surface area contributed by atoms with E-state index >= 15 is 0 Å². The summed E-state index contributed by atoms with van der Waals surface area (Å²) in [5.41, 5.74) is 0.0552. The minimum atomic E-state index is -0.400. The van der Waals surface area contributed by atoms with Crippen molar-refractivity contribution >= 4 is 26.9 Å². The molecule has 0 aliphatic heterocycles. The molecule has 0 bridgehead atoms. The molecule has 0 saturated heterocycles. The predicted octanol–water partition coefficient (Wildman–Crippen LogP) is 2.94. The Labute approximate surface area is 124 Å². The zero-order valence-electron chi connectivity index (χ0n) is 11.1. The molecule has 0 spiro atoms. The molecule has 5 nitrogen and oxygen atoms in total. The first-order valence-electron chi connectivity index (χ1n) is 6.13. The Morgan fingerprint density at radius 3 is 2.75 bits per heavy atom. The van der Waals surface area contributed by atoms with E-state index in [0.717, 1.165) is 17.1 Å². The van der Waals surface area contributed by atoms with E-state index in [2.05, 4.69) is 15.9 Å². The fourth-order valence-corrected chi connectivity index (χ4v) is 1.89. The monoisotopic (exact) mass is 342 g/mol. The third-order valence-corrected chi connectivity index (χ3v) is 3.11. The van der Waals surface area contributed by atoms with Crippen LogP contribution in [-0.4, -0.2) is 25.8 Å². The van der Waals surface area contributed by atoms with Gasteiger partial charge in [0.05, 0.1) is 6.61 Å². The van der Waals surface area contributed by atoms with E-state index in [1.807, 2.05) is 0 Å². The number of halogens is 1. The van der Waals surface area contributed by atoms with Crippen LogP contribution in [0.25, 0.3) is 11.0 Å². The van der Waals surface area contributed by atoms with Gasteiger partial charge in [0.25, 0.3) is 0 Å². The van der Waals surface area contributed by atoms with E-state index in [-0.39, 0.29) is 6.79 Å². The van der Waals surface area contributed by atoms with E-state index in [1.54, 1.807) is 18.2 Å². The number of alkyl halides is 1. The van der Waals surface area contributed by atoms with E-state index in [9.17, 15) is 4.79 Å². The van der Waals surface area contributed by atoms with Crippen LogP contribution in [0.15, 0.2) is 33.5 Å². The van der Waals surface area contributed by atoms with Gasteiger partial charge in [-0.1, -0.05) is 15.9 Å². The van der Waals surface area contributed by atoms with Crippen LogP contribution in [0, 0.1) is 0 Å². The van der Waals surface area contributed by atoms with Gasteiger partial charge in [-0.3, -0.25) is 0 Å². The number of ether oxygens (including phenoxy) is 3. The van der Waals surface area contributed by atoms with Crippen LogP contribution in [0.1, 0.15) is 6.42 Å². The van der Waals surface area contributed by atoms with Crippen LogP contribution < -0.4 is 15.1 Å². The van der Waals surface area contributed by atoms with Crippen molar-refractivity contribution in [2.24, 2.45) is 0 Å². The third-order valence-electron chi connectivity index (χ3n) is 2.55. The molecule has 0 fully saturated rings. The van der Waals surface area contributed by atoms with Crippen molar-refractivity contribution in [3.8, 4) is 11.5 Å². The largest absolute Gasteiger partial charge is 0.490 e. The average Bonchev–Trinajstić information content (AvgIpc) is 2.45. The van der Waals surface area contributed by atoms with Gasteiger partial charge in [-0.05, 0) is 18.6 Å². The van der Waals surface area contributed by atoms with Crippen LogP contribution in [0.4, 0.5) is 0 Å². The van der Waals surface area contributed by atoms with Crippen LogP contribution >= 0.6 is 15.9 Å². The standard InChI is InChI=1S/C14H15BrO5/c1-17-9-19-13-8-11-10(3-4-14(16)20-11)7-12(13)18-6-2-5-15/h3-4,7-8H,2,5-6,9H2,1H3. The summed E-state index contributed by atoms with van der Waals surface area (Å²) >= 11 is 3.35. The smallest absolute Gasteiger partial charge is 0.336 e.